The summed E-state index contributed by atoms with van der Waals surface area (Å²) in [5.74, 6) is -4.70. The van der Waals surface area contributed by atoms with Crippen molar-refractivity contribution in [3.05, 3.63) is 59.9 Å². The Hall–Kier alpha value is -2.35. The van der Waals surface area contributed by atoms with Crippen LogP contribution in [-0.2, 0) is 9.84 Å². The molecular formula is C14H10F3NO3S. The van der Waals surface area contributed by atoms with E-state index in [0.717, 1.165) is 18.2 Å². The Balaban J connectivity index is 2.17. The van der Waals surface area contributed by atoms with Crippen LogP contribution < -0.4 is 5.32 Å². The van der Waals surface area contributed by atoms with E-state index in [2.05, 4.69) is 5.32 Å². The summed E-state index contributed by atoms with van der Waals surface area (Å²) in [6, 6.07) is 9.24. The molecule has 0 heterocycles. The van der Waals surface area contributed by atoms with Gasteiger partial charge in [-0.25, -0.2) is 12.8 Å². The molecule has 2 aromatic rings. The molecule has 2 rings (SSSR count). The van der Waals surface area contributed by atoms with Gasteiger partial charge in [-0.3, -0.25) is 4.79 Å². The zero-order valence-corrected chi connectivity index (χ0v) is 11.8. The first-order chi connectivity index (χ1) is 10.3. The van der Waals surface area contributed by atoms with Gasteiger partial charge < -0.3 is 5.32 Å². The number of nitrogens with one attached hydrogen (secondary N) is 1. The molecule has 4 nitrogen and oxygen atoms in total. The van der Waals surface area contributed by atoms with Crippen LogP contribution in [0.1, 0.15) is 10.4 Å². The summed E-state index contributed by atoms with van der Waals surface area (Å²) in [4.78, 5) is 11.3. The van der Waals surface area contributed by atoms with Gasteiger partial charge in [0.15, 0.2) is 0 Å². The second-order valence-electron chi connectivity index (χ2n) is 4.29. The molecule has 0 radical (unpaired) electrons. The lowest BCUT2D eigenvalue weighted by Crippen LogP contribution is -2.13. The number of halogens is 3. The van der Waals surface area contributed by atoms with E-state index < -0.39 is 32.2 Å². The van der Waals surface area contributed by atoms with E-state index in [0.29, 0.717) is 0 Å². The molecular weight excluding hydrogens is 319 g/mol. The number of anilines is 1. The second-order valence-corrected chi connectivity index (χ2v) is 6.21. The Labute approximate surface area is 124 Å². The Morgan fingerprint density at radius 1 is 1.05 bits per heavy atom. The number of carbonyl (C=O) groups is 1. The fourth-order valence-electron chi connectivity index (χ4n) is 1.66. The van der Waals surface area contributed by atoms with Crippen molar-refractivity contribution < 1.29 is 26.4 Å². The van der Waals surface area contributed by atoms with Crippen LogP contribution in [0.5, 0.6) is 0 Å². The zero-order chi connectivity index (χ0) is 16.3. The van der Waals surface area contributed by atoms with Crippen molar-refractivity contribution in [3.8, 4) is 0 Å². The zero-order valence-electron chi connectivity index (χ0n) is 11.0. The van der Waals surface area contributed by atoms with Crippen LogP contribution in [0.4, 0.5) is 18.9 Å². The van der Waals surface area contributed by atoms with Crippen molar-refractivity contribution in [3.63, 3.8) is 0 Å². The molecule has 116 valence electrons. The average Bonchev–Trinajstić information content (AvgIpc) is 2.47. The first-order valence-electron chi connectivity index (χ1n) is 6.00. The fourth-order valence-corrected chi connectivity index (χ4v) is 2.38. The smallest absolute Gasteiger partial charge is 0.322 e. The summed E-state index contributed by atoms with van der Waals surface area (Å²) < 4.78 is 60.2. The molecule has 0 saturated carbocycles. The first-order valence-corrected chi connectivity index (χ1v) is 7.54. The Morgan fingerprint density at radius 3 is 2.23 bits per heavy atom. The Bertz CT molecular complexity index is 789. The number of carbonyl (C=O) groups excluding carboxylic acids is 1. The van der Waals surface area contributed by atoms with Gasteiger partial charge in [-0.2, -0.15) is 8.78 Å². The van der Waals surface area contributed by atoms with Gasteiger partial charge in [0.25, 0.3) is 5.91 Å². The molecule has 0 saturated heterocycles. The minimum absolute atomic E-state index is 0.0734. The lowest BCUT2D eigenvalue weighted by Gasteiger charge is -2.07. The van der Waals surface area contributed by atoms with Gasteiger partial charge in [0.2, 0.25) is 9.84 Å². The van der Waals surface area contributed by atoms with Crippen molar-refractivity contribution in [2.24, 2.45) is 0 Å². The van der Waals surface area contributed by atoms with Crippen LogP contribution in [0, 0.1) is 5.82 Å². The van der Waals surface area contributed by atoms with Crippen LogP contribution in [0.3, 0.4) is 0 Å². The molecule has 0 unspecified atom stereocenters. The van der Waals surface area contributed by atoms with E-state index in [9.17, 15) is 26.4 Å². The van der Waals surface area contributed by atoms with Crippen LogP contribution in [0.15, 0.2) is 53.4 Å². The van der Waals surface area contributed by atoms with E-state index in [1.54, 1.807) is 0 Å². The maximum absolute atomic E-state index is 13.0. The highest BCUT2D eigenvalue weighted by Gasteiger charge is 2.26. The molecule has 0 aliphatic rings. The van der Waals surface area contributed by atoms with Gasteiger partial charge in [-0.05, 0) is 42.5 Å². The molecule has 0 aliphatic heterocycles. The van der Waals surface area contributed by atoms with Gasteiger partial charge in [-0.1, -0.05) is 6.07 Å². The summed E-state index contributed by atoms with van der Waals surface area (Å²) in [7, 11) is -4.68. The Kier molecular flexibility index (Phi) is 4.51. The maximum Gasteiger partial charge on any atom is 0.341 e. The molecule has 0 bridgehead atoms. The predicted octanol–water partition coefficient (Wildman–Crippen LogP) is 3.07. The maximum atomic E-state index is 13.0. The molecule has 0 spiro atoms. The SMILES string of the molecule is O=C(Nc1ccc(S(=O)(=O)C(F)F)cc1)c1cccc(F)c1. The third-order valence-electron chi connectivity index (χ3n) is 2.76. The number of alkyl halides is 2. The fraction of sp³-hybridized carbons (Fsp3) is 0.0714. The van der Waals surface area contributed by atoms with Crippen molar-refractivity contribution in [2.45, 2.75) is 10.7 Å². The molecule has 8 heteroatoms. The number of hydrogen-bond donors (Lipinski definition) is 1. The van der Waals surface area contributed by atoms with Crippen LogP contribution >= 0.6 is 0 Å². The highest BCUT2D eigenvalue weighted by atomic mass is 32.2. The van der Waals surface area contributed by atoms with Crippen LogP contribution in [-0.4, -0.2) is 20.1 Å². The van der Waals surface area contributed by atoms with E-state index in [1.807, 2.05) is 0 Å². The highest BCUT2D eigenvalue weighted by molar-refractivity contribution is 7.91. The highest BCUT2D eigenvalue weighted by Crippen LogP contribution is 2.20. The van der Waals surface area contributed by atoms with Crippen LogP contribution in [0.2, 0.25) is 0 Å². The molecule has 22 heavy (non-hydrogen) atoms. The normalized spacial score (nSPS) is 11.5. The molecule has 1 N–H and O–H groups in total. The third-order valence-corrected chi connectivity index (χ3v) is 4.16. The number of hydrogen-bond acceptors (Lipinski definition) is 3. The topological polar surface area (TPSA) is 63.2 Å². The summed E-state index contributed by atoms with van der Waals surface area (Å²) >= 11 is 0. The average molecular weight is 329 g/mol. The van der Waals surface area contributed by atoms with Crippen molar-refractivity contribution >= 4 is 21.4 Å². The standard InChI is InChI=1S/C14H10F3NO3S/c15-10-3-1-2-9(8-10)13(19)18-11-4-6-12(7-5-11)22(20,21)14(16)17/h1-8,14H,(H,18,19). The van der Waals surface area contributed by atoms with Crippen molar-refractivity contribution in [1.29, 1.82) is 0 Å². The van der Waals surface area contributed by atoms with Gasteiger partial charge in [-0.15, -0.1) is 0 Å². The lowest BCUT2D eigenvalue weighted by atomic mass is 10.2. The molecule has 0 aromatic heterocycles. The van der Waals surface area contributed by atoms with Crippen molar-refractivity contribution in [2.75, 3.05) is 5.32 Å². The minimum atomic E-state index is -4.68. The van der Waals surface area contributed by atoms with Crippen molar-refractivity contribution in [1.82, 2.24) is 0 Å². The molecule has 2 aromatic carbocycles. The van der Waals surface area contributed by atoms with Crippen LogP contribution in [0.25, 0.3) is 0 Å². The Morgan fingerprint density at radius 2 is 1.68 bits per heavy atom. The van der Waals surface area contributed by atoms with E-state index in [4.69, 9.17) is 0 Å². The lowest BCUT2D eigenvalue weighted by molar-refractivity contribution is 0.102. The largest absolute Gasteiger partial charge is 0.341 e. The molecule has 1 amide bonds. The third kappa shape index (κ3) is 3.45. The molecule has 0 atom stereocenters. The second kappa shape index (κ2) is 6.18. The van der Waals surface area contributed by atoms with E-state index in [-0.39, 0.29) is 11.3 Å². The van der Waals surface area contributed by atoms with Gasteiger partial charge >= 0.3 is 5.76 Å². The van der Waals surface area contributed by atoms with Gasteiger partial charge in [0.05, 0.1) is 4.90 Å². The number of amides is 1. The monoisotopic (exact) mass is 329 g/mol. The number of rotatable bonds is 4. The number of sulfone groups is 1. The summed E-state index contributed by atoms with van der Waals surface area (Å²) in [6.07, 6.45) is 0. The molecule has 0 aliphatic carbocycles. The minimum Gasteiger partial charge on any atom is -0.322 e. The van der Waals surface area contributed by atoms with Gasteiger partial charge in [0.1, 0.15) is 5.82 Å². The quantitative estimate of drug-likeness (QED) is 0.937. The summed E-state index contributed by atoms with van der Waals surface area (Å²) in [5.41, 5.74) is 0.270. The number of benzene rings is 2. The van der Waals surface area contributed by atoms with Gasteiger partial charge in [0, 0.05) is 11.3 Å². The molecule has 0 fully saturated rings. The van der Waals surface area contributed by atoms with E-state index >= 15 is 0 Å². The predicted molar refractivity (Wildman–Crippen MR) is 74.0 cm³/mol. The van der Waals surface area contributed by atoms with E-state index in [1.165, 1.54) is 30.3 Å². The first kappa shape index (κ1) is 16.0. The summed E-state index contributed by atoms with van der Waals surface area (Å²) in [5, 5.41) is 2.41. The summed E-state index contributed by atoms with van der Waals surface area (Å²) in [6.45, 7) is 0.